The summed E-state index contributed by atoms with van der Waals surface area (Å²) in [5.74, 6) is 6.34. The second-order valence-corrected chi connectivity index (χ2v) is 11.7. The van der Waals surface area contributed by atoms with Gasteiger partial charge in [0.05, 0.1) is 12.2 Å². The highest BCUT2D eigenvalue weighted by molar-refractivity contribution is 5.32. The summed E-state index contributed by atoms with van der Waals surface area (Å²) in [6.07, 6.45) is 3.99. The molecule has 0 aromatic carbocycles. The molecule has 8 aliphatic rings. The summed E-state index contributed by atoms with van der Waals surface area (Å²) in [6, 6.07) is 0. The molecule has 0 unspecified atom stereocenters. The molecule has 0 bridgehead atoms. The standard InChI is InChI=1S/C22H30O4/c1-21-15-7-3-5-10-12(7)18-13(15)14-16(22(18,2)20(24)26-10)8-4-6-9(25-19(21)23)11(8)17(14)21/h7-20,23-24H,3-6H2,1-2H3/t7-,8-,9+,10+,11-,12+,13+,14-,15-,16-,17-,18-,19+,20+,21+,22+/m1/s1. The second kappa shape index (κ2) is 3.94. The van der Waals surface area contributed by atoms with Gasteiger partial charge < -0.3 is 19.7 Å². The molecule has 8 rings (SSSR count). The Kier molecular flexibility index (Phi) is 2.24. The van der Waals surface area contributed by atoms with Gasteiger partial charge in [-0.3, -0.25) is 0 Å². The quantitative estimate of drug-likeness (QED) is 0.697. The molecule has 2 N–H and O–H groups in total. The van der Waals surface area contributed by atoms with E-state index in [1.54, 1.807) is 0 Å². The molecule has 6 saturated carbocycles. The van der Waals surface area contributed by atoms with Crippen molar-refractivity contribution in [1.29, 1.82) is 0 Å². The first kappa shape index (κ1) is 14.8. The van der Waals surface area contributed by atoms with Gasteiger partial charge in [-0.1, -0.05) is 13.8 Å². The Morgan fingerprint density at radius 3 is 1.46 bits per heavy atom. The molecule has 0 radical (unpaired) electrons. The van der Waals surface area contributed by atoms with E-state index in [2.05, 4.69) is 13.8 Å². The predicted molar refractivity (Wildman–Crippen MR) is 91.3 cm³/mol. The molecule has 2 saturated heterocycles. The van der Waals surface area contributed by atoms with Gasteiger partial charge in [0.15, 0.2) is 12.6 Å². The highest BCUT2D eigenvalue weighted by Gasteiger charge is 2.87. The van der Waals surface area contributed by atoms with E-state index in [9.17, 15) is 10.2 Å². The zero-order valence-corrected chi connectivity index (χ0v) is 15.6. The molecule has 26 heavy (non-hydrogen) atoms. The third-order valence-corrected chi connectivity index (χ3v) is 11.8. The molecular weight excluding hydrogens is 328 g/mol. The second-order valence-electron chi connectivity index (χ2n) is 11.7. The maximum atomic E-state index is 11.3. The molecule has 0 aromatic rings. The molecular formula is C22H30O4. The van der Waals surface area contributed by atoms with Crippen molar-refractivity contribution in [1.82, 2.24) is 0 Å². The fraction of sp³-hybridized carbons (Fsp3) is 1.00. The largest absolute Gasteiger partial charge is 0.367 e. The Balaban J connectivity index is 1.43. The highest BCUT2D eigenvalue weighted by atomic mass is 16.6. The maximum absolute atomic E-state index is 11.3. The molecule has 142 valence electrons. The zero-order chi connectivity index (χ0) is 17.3. The van der Waals surface area contributed by atoms with Gasteiger partial charge in [-0.2, -0.15) is 0 Å². The summed E-state index contributed by atoms with van der Waals surface area (Å²) in [5.41, 5.74) is -0.145. The van der Waals surface area contributed by atoms with Crippen LogP contribution in [0.2, 0.25) is 0 Å². The number of hydrogen-bond acceptors (Lipinski definition) is 4. The number of ether oxygens (including phenoxy) is 2. The minimum atomic E-state index is -0.585. The van der Waals surface area contributed by atoms with Crippen molar-refractivity contribution in [2.24, 2.45) is 70.0 Å². The van der Waals surface area contributed by atoms with Gasteiger partial charge in [-0.25, -0.2) is 0 Å². The molecule has 16 atom stereocenters. The molecule has 0 spiro atoms. The third-order valence-electron chi connectivity index (χ3n) is 11.8. The first-order chi connectivity index (χ1) is 12.5. The van der Waals surface area contributed by atoms with Gasteiger partial charge in [0.25, 0.3) is 0 Å². The minimum absolute atomic E-state index is 0.0724. The molecule has 0 aromatic heterocycles. The van der Waals surface area contributed by atoms with E-state index in [0.717, 1.165) is 12.8 Å². The van der Waals surface area contributed by atoms with Crippen LogP contribution in [0.3, 0.4) is 0 Å². The Labute approximate surface area is 154 Å². The average Bonchev–Trinajstić information content (AvgIpc) is 3.34. The lowest BCUT2D eigenvalue weighted by Gasteiger charge is -2.52. The normalized spacial score (nSPS) is 78.9. The fourth-order valence-corrected chi connectivity index (χ4v) is 11.8. The lowest BCUT2D eigenvalue weighted by Crippen LogP contribution is -2.55. The van der Waals surface area contributed by atoms with Gasteiger partial charge in [0.2, 0.25) is 0 Å². The molecule has 4 heteroatoms. The van der Waals surface area contributed by atoms with Crippen LogP contribution in [-0.4, -0.2) is 35.0 Å². The first-order valence-electron chi connectivity index (χ1n) is 11.2. The topological polar surface area (TPSA) is 58.9 Å². The summed E-state index contributed by atoms with van der Waals surface area (Å²) in [6.45, 7) is 4.77. The molecule has 8 fully saturated rings. The Bertz CT molecular complexity index is 665. The van der Waals surface area contributed by atoms with E-state index in [1.165, 1.54) is 12.8 Å². The van der Waals surface area contributed by atoms with Gasteiger partial charge in [-0.05, 0) is 84.9 Å². The smallest absolute Gasteiger partial charge is 0.160 e. The lowest BCUT2D eigenvalue weighted by molar-refractivity contribution is -0.277. The minimum Gasteiger partial charge on any atom is -0.367 e. The summed E-state index contributed by atoms with van der Waals surface area (Å²) < 4.78 is 12.7. The first-order valence-corrected chi connectivity index (χ1v) is 11.2. The van der Waals surface area contributed by atoms with Crippen LogP contribution < -0.4 is 0 Å². The van der Waals surface area contributed by atoms with Crippen molar-refractivity contribution in [3.05, 3.63) is 0 Å². The summed E-state index contributed by atoms with van der Waals surface area (Å²) >= 11 is 0. The zero-order valence-electron chi connectivity index (χ0n) is 15.6. The van der Waals surface area contributed by atoms with E-state index in [1.807, 2.05) is 0 Å². The Hall–Kier alpha value is -0.160. The average molecular weight is 358 g/mol. The van der Waals surface area contributed by atoms with Crippen molar-refractivity contribution >= 4 is 0 Å². The molecule has 6 aliphatic carbocycles. The highest BCUT2D eigenvalue weighted by Crippen LogP contribution is 2.87. The summed E-state index contributed by atoms with van der Waals surface area (Å²) in [4.78, 5) is 0. The number of hydrogen-bond donors (Lipinski definition) is 2. The van der Waals surface area contributed by atoms with Gasteiger partial charge in [0, 0.05) is 10.8 Å². The van der Waals surface area contributed by atoms with E-state index in [4.69, 9.17) is 9.47 Å². The summed E-state index contributed by atoms with van der Waals surface area (Å²) in [7, 11) is 0. The predicted octanol–water partition coefficient (Wildman–Crippen LogP) is 2.24. The SMILES string of the molecule is C[C@]12[C@H]3[C@@H]4[C@@H]5[C@H]6[C@H]7[C@@H](CC[C@@H]7O[C@H](O)[C@@]6(C)[C@@H]4[C@@H]4CC[C@H](O[C@@H]1O)[C@@H]43)[C@H]52. The van der Waals surface area contributed by atoms with Crippen LogP contribution in [0.25, 0.3) is 0 Å². The van der Waals surface area contributed by atoms with E-state index >= 15 is 0 Å². The van der Waals surface area contributed by atoms with Gasteiger partial charge in [0.1, 0.15) is 0 Å². The molecule has 4 nitrogen and oxygen atoms in total. The van der Waals surface area contributed by atoms with Crippen molar-refractivity contribution in [3.8, 4) is 0 Å². The van der Waals surface area contributed by atoms with Crippen LogP contribution in [0.5, 0.6) is 0 Å². The fourth-order valence-electron chi connectivity index (χ4n) is 11.8. The van der Waals surface area contributed by atoms with Crippen molar-refractivity contribution < 1.29 is 19.7 Å². The molecule has 2 aliphatic heterocycles. The van der Waals surface area contributed by atoms with E-state index in [-0.39, 0.29) is 23.0 Å². The summed E-state index contributed by atoms with van der Waals surface area (Å²) in [5, 5.41) is 22.5. The van der Waals surface area contributed by atoms with E-state index in [0.29, 0.717) is 59.2 Å². The van der Waals surface area contributed by atoms with E-state index < -0.39 is 12.6 Å². The van der Waals surface area contributed by atoms with Crippen LogP contribution in [0, 0.1) is 70.0 Å². The van der Waals surface area contributed by atoms with Crippen LogP contribution in [0.1, 0.15) is 39.5 Å². The van der Waals surface area contributed by atoms with Gasteiger partial charge in [-0.15, -0.1) is 0 Å². The van der Waals surface area contributed by atoms with Crippen molar-refractivity contribution in [3.63, 3.8) is 0 Å². The lowest BCUT2D eigenvalue weighted by atomic mass is 9.61. The van der Waals surface area contributed by atoms with Crippen LogP contribution >= 0.6 is 0 Å². The number of aliphatic hydroxyl groups excluding tert-OH is 2. The Morgan fingerprint density at radius 1 is 0.615 bits per heavy atom. The maximum Gasteiger partial charge on any atom is 0.160 e. The Morgan fingerprint density at radius 2 is 1.04 bits per heavy atom. The molecule has 0 amide bonds. The van der Waals surface area contributed by atoms with Crippen LogP contribution in [0.4, 0.5) is 0 Å². The number of rotatable bonds is 0. The van der Waals surface area contributed by atoms with Crippen LogP contribution in [-0.2, 0) is 9.47 Å². The van der Waals surface area contributed by atoms with Gasteiger partial charge >= 0.3 is 0 Å². The monoisotopic (exact) mass is 358 g/mol. The molecule has 2 heterocycles. The van der Waals surface area contributed by atoms with Crippen molar-refractivity contribution in [2.45, 2.75) is 64.3 Å². The number of fused-ring (bicyclic) bond motifs is 4. The number of aliphatic hydroxyl groups is 2. The van der Waals surface area contributed by atoms with Crippen LogP contribution in [0.15, 0.2) is 0 Å². The third kappa shape index (κ3) is 1.11. The van der Waals surface area contributed by atoms with Crippen molar-refractivity contribution in [2.75, 3.05) is 0 Å².